The zero-order valence-electron chi connectivity index (χ0n) is 16.2. The monoisotopic (exact) mass is 370 g/mol. The number of nitrogens with one attached hydrogen (secondary N) is 1. The summed E-state index contributed by atoms with van der Waals surface area (Å²) in [6.07, 6.45) is 13.4. The number of hydrogen-bond donors (Lipinski definition) is 1. The van der Waals surface area contributed by atoms with Crippen molar-refractivity contribution in [2.75, 3.05) is 31.8 Å². The van der Waals surface area contributed by atoms with Crippen molar-refractivity contribution in [2.45, 2.75) is 57.1 Å². The van der Waals surface area contributed by atoms with Crippen molar-refractivity contribution in [3.63, 3.8) is 0 Å². The SMILES string of the molecule is CN(CC1CCCO1)CN(c1c(C=O)cnc2[nH]ccc12)C1CCCCC1. The van der Waals surface area contributed by atoms with Gasteiger partial charge in [-0.05, 0) is 38.8 Å². The molecule has 1 unspecified atom stereocenters. The van der Waals surface area contributed by atoms with Gasteiger partial charge in [-0.2, -0.15) is 0 Å². The smallest absolute Gasteiger partial charge is 0.153 e. The van der Waals surface area contributed by atoms with E-state index in [2.05, 4.69) is 26.8 Å². The second-order valence-corrected chi connectivity index (χ2v) is 8.00. The number of fused-ring (bicyclic) bond motifs is 1. The number of carbonyl (C=O) groups is 1. The maximum atomic E-state index is 11.8. The highest BCUT2D eigenvalue weighted by Gasteiger charge is 2.27. The molecule has 0 amide bonds. The molecule has 3 heterocycles. The van der Waals surface area contributed by atoms with Gasteiger partial charge in [0.25, 0.3) is 0 Å². The Bertz CT molecular complexity index is 763. The fraction of sp³-hybridized carbons (Fsp3) is 0.619. The molecule has 6 heteroatoms. The second-order valence-electron chi connectivity index (χ2n) is 8.00. The average Bonchev–Trinajstić information content (AvgIpc) is 3.37. The van der Waals surface area contributed by atoms with Crippen LogP contribution in [-0.4, -0.2) is 60.2 Å². The van der Waals surface area contributed by atoms with Gasteiger partial charge < -0.3 is 14.6 Å². The summed E-state index contributed by atoms with van der Waals surface area (Å²) >= 11 is 0. The average molecular weight is 370 g/mol. The van der Waals surface area contributed by atoms with Crippen LogP contribution in [0, 0.1) is 0 Å². The third kappa shape index (κ3) is 4.01. The highest BCUT2D eigenvalue weighted by molar-refractivity contribution is 5.99. The van der Waals surface area contributed by atoms with E-state index in [4.69, 9.17) is 4.74 Å². The quantitative estimate of drug-likeness (QED) is 0.596. The molecule has 0 bridgehead atoms. The van der Waals surface area contributed by atoms with Gasteiger partial charge in [-0.3, -0.25) is 9.69 Å². The summed E-state index contributed by atoms with van der Waals surface area (Å²) in [7, 11) is 2.16. The van der Waals surface area contributed by atoms with E-state index in [0.717, 1.165) is 55.7 Å². The molecule has 2 fully saturated rings. The molecule has 6 nitrogen and oxygen atoms in total. The zero-order chi connectivity index (χ0) is 18.6. The maximum absolute atomic E-state index is 11.8. The molecule has 1 atom stereocenters. The molecule has 2 aromatic heterocycles. The van der Waals surface area contributed by atoms with Gasteiger partial charge in [-0.15, -0.1) is 0 Å². The van der Waals surface area contributed by atoms with Crippen LogP contribution < -0.4 is 4.90 Å². The van der Waals surface area contributed by atoms with Gasteiger partial charge in [-0.1, -0.05) is 19.3 Å². The third-order valence-electron chi connectivity index (χ3n) is 5.95. The van der Waals surface area contributed by atoms with Gasteiger partial charge in [-0.25, -0.2) is 4.98 Å². The van der Waals surface area contributed by atoms with Crippen LogP contribution in [0.1, 0.15) is 55.3 Å². The Morgan fingerprint density at radius 1 is 1.26 bits per heavy atom. The highest BCUT2D eigenvalue weighted by atomic mass is 16.5. The first-order valence-electron chi connectivity index (χ1n) is 10.2. The van der Waals surface area contributed by atoms with Crippen LogP contribution in [-0.2, 0) is 4.74 Å². The van der Waals surface area contributed by atoms with E-state index in [9.17, 15) is 4.79 Å². The Morgan fingerprint density at radius 2 is 2.11 bits per heavy atom. The molecular formula is C21H30N4O2. The number of aldehydes is 1. The van der Waals surface area contributed by atoms with Gasteiger partial charge in [0, 0.05) is 37.0 Å². The van der Waals surface area contributed by atoms with Gasteiger partial charge in [0.1, 0.15) is 5.65 Å². The fourth-order valence-electron chi connectivity index (χ4n) is 4.63. The van der Waals surface area contributed by atoms with Crippen molar-refractivity contribution in [3.05, 3.63) is 24.0 Å². The number of pyridine rings is 1. The van der Waals surface area contributed by atoms with Crippen molar-refractivity contribution in [3.8, 4) is 0 Å². The lowest BCUT2D eigenvalue weighted by Gasteiger charge is -2.39. The number of aromatic nitrogens is 2. The molecule has 2 aliphatic rings. The first-order chi connectivity index (χ1) is 13.3. The molecule has 0 spiro atoms. The summed E-state index contributed by atoms with van der Waals surface area (Å²) in [5.41, 5.74) is 2.55. The first kappa shape index (κ1) is 18.4. The number of H-pyrrole nitrogens is 1. The van der Waals surface area contributed by atoms with E-state index in [-0.39, 0.29) is 0 Å². The highest BCUT2D eigenvalue weighted by Crippen LogP contribution is 2.34. The topological polar surface area (TPSA) is 61.5 Å². The molecule has 0 radical (unpaired) electrons. The summed E-state index contributed by atoms with van der Waals surface area (Å²) in [4.78, 5) is 24.2. The fourth-order valence-corrected chi connectivity index (χ4v) is 4.63. The summed E-state index contributed by atoms with van der Waals surface area (Å²) in [5.74, 6) is 0. The molecule has 1 saturated heterocycles. The molecule has 1 saturated carbocycles. The minimum absolute atomic E-state index is 0.332. The largest absolute Gasteiger partial charge is 0.377 e. The Balaban J connectivity index is 1.65. The number of aromatic amines is 1. The molecule has 27 heavy (non-hydrogen) atoms. The number of carbonyl (C=O) groups excluding carboxylic acids is 1. The van der Waals surface area contributed by atoms with Crippen molar-refractivity contribution in [1.82, 2.24) is 14.9 Å². The van der Waals surface area contributed by atoms with E-state index >= 15 is 0 Å². The molecule has 4 rings (SSSR count). The number of ether oxygens (including phenoxy) is 1. The number of rotatable bonds is 7. The standard InChI is InChI=1S/C21H30N4O2/c1-24(13-18-8-5-11-27-18)15-25(17-6-3-2-4-7-17)20-16(14-26)12-23-21-19(20)9-10-22-21/h9-10,12,14,17-18H,2-8,11,13,15H2,1H3,(H,22,23). The predicted molar refractivity (Wildman–Crippen MR) is 107 cm³/mol. The normalized spacial score (nSPS) is 21.2. The molecule has 1 N–H and O–H groups in total. The predicted octanol–water partition coefficient (Wildman–Crippen LogP) is 3.58. The van der Waals surface area contributed by atoms with E-state index in [1.807, 2.05) is 12.3 Å². The van der Waals surface area contributed by atoms with Gasteiger partial charge in [0.2, 0.25) is 0 Å². The molecule has 0 aromatic carbocycles. The lowest BCUT2D eigenvalue weighted by Crippen LogP contribution is -2.46. The van der Waals surface area contributed by atoms with Crippen LogP contribution in [0.2, 0.25) is 0 Å². The summed E-state index contributed by atoms with van der Waals surface area (Å²) < 4.78 is 5.83. The maximum Gasteiger partial charge on any atom is 0.153 e. The number of likely N-dealkylation sites (N-methyl/N-ethyl adjacent to an activating group) is 1. The van der Waals surface area contributed by atoms with Crippen LogP contribution in [0.4, 0.5) is 5.69 Å². The number of anilines is 1. The Kier molecular flexibility index (Phi) is 5.74. The van der Waals surface area contributed by atoms with Crippen LogP contribution in [0.15, 0.2) is 18.5 Å². The van der Waals surface area contributed by atoms with E-state index in [0.29, 0.717) is 17.7 Å². The van der Waals surface area contributed by atoms with Gasteiger partial charge in [0.05, 0.1) is 24.0 Å². The molecule has 146 valence electrons. The zero-order valence-corrected chi connectivity index (χ0v) is 16.2. The van der Waals surface area contributed by atoms with E-state index < -0.39 is 0 Å². The Hall–Kier alpha value is -1.92. The molecule has 1 aliphatic heterocycles. The van der Waals surface area contributed by atoms with Crippen molar-refractivity contribution >= 4 is 23.0 Å². The number of nitrogens with zero attached hydrogens (tertiary/aromatic N) is 3. The lowest BCUT2D eigenvalue weighted by molar-refractivity contribution is 0.0802. The van der Waals surface area contributed by atoms with Gasteiger partial charge >= 0.3 is 0 Å². The molecular weight excluding hydrogens is 340 g/mol. The second kappa shape index (κ2) is 8.40. The molecule has 1 aliphatic carbocycles. The van der Waals surface area contributed by atoms with E-state index in [1.165, 1.54) is 32.1 Å². The van der Waals surface area contributed by atoms with Crippen molar-refractivity contribution < 1.29 is 9.53 Å². The Labute approximate surface area is 160 Å². The first-order valence-corrected chi connectivity index (χ1v) is 10.2. The van der Waals surface area contributed by atoms with Crippen molar-refractivity contribution in [2.24, 2.45) is 0 Å². The van der Waals surface area contributed by atoms with Gasteiger partial charge in [0.15, 0.2) is 6.29 Å². The van der Waals surface area contributed by atoms with E-state index in [1.54, 1.807) is 6.20 Å². The van der Waals surface area contributed by atoms with Crippen LogP contribution in [0.25, 0.3) is 11.0 Å². The lowest BCUT2D eigenvalue weighted by atomic mass is 9.93. The van der Waals surface area contributed by atoms with Crippen LogP contribution in [0.3, 0.4) is 0 Å². The van der Waals surface area contributed by atoms with Crippen molar-refractivity contribution in [1.29, 1.82) is 0 Å². The molecule has 2 aromatic rings. The summed E-state index contributed by atoms with van der Waals surface area (Å²) in [6.45, 7) is 2.62. The Morgan fingerprint density at radius 3 is 2.85 bits per heavy atom. The minimum Gasteiger partial charge on any atom is -0.377 e. The summed E-state index contributed by atoms with van der Waals surface area (Å²) in [6, 6.07) is 2.51. The third-order valence-corrected chi connectivity index (χ3v) is 5.95. The van der Waals surface area contributed by atoms with Crippen LogP contribution in [0.5, 0.6) is 0 Å². The summed E-state index contributed by atoms with van der Waals surface area (Å²) in [5, 5.41) is 1.04. The van der Waals surface area contributed by atoms with Crippen LogP contribution >= 0.6 is 0 Å². The minimum atomic E-state index is 0.332. The number of hydrogen-bond acceptors (Lipinski definition) is 5.